The molecule has 16 heavy (non-hydrogen) atoms. The zero-order chi connectivity index (χ0) is 11.7. The molecule has 1 fully saturated rings. The van der Waals surface area contributed by atoms with Crippen molar-refractivity contribution in [3.63, 3.8) is 0 Å². The maximum absolute atomic E-state index is 11.4. The molecule has 1 aromatic rings. The molecule has 0 atom stereocenters. The van der Waals surface area contributed by atoms with Gasteiger partial charge in [0.15, 0.2) is 0 Å². The molecular formula is C10H11NO3S2. The van der Waals surface area contributed by atoms with Crippen LogP contribution in [0.25, 0.3) is 0 Å². The second kappa shape index (κ2) is 4.47. The smallest absolute Gasteiger partial charge is 0.345 e. The van der Waals surface area contributed by atoms with Crippen LogP contribution in [0.15, 0.2) is 6.07 Å². The van der Waals surface area contributed by atoms with Crippen molar-refractivity contribution in [3.05, 3.63) is 21.4 Å². The quantitative estimate of drug-likeness (QED) is 0.903. The van der Waals surface area contributed by atoms with Gasteiger partial charge >= 0.3 is 5.97 Å². The minimum atomic E-state index is -0.901. The van der Waals surface area contributed by atoms with Crippen LogP contribution in [0.1, 0.15) is 20.1 Å². The van der Waals surface area contributed by atoms with Crippen molar-refractivity contribution in [3.8, 4) is 0 Å². The molecule has 6 heteroatoms. The van der Waals surface area contributed by atoms with Crippen molar-refractivity contribution in [1.29, 1.82) is 0 Å². The first-order valence-electron chi connectivity index (χ1n) is 4.82. The fraction of sp³-hybridized carbons (Fsp3) is 0.400. The van der Waals surface area contributed by atoms with Crippen LogP contribution >= 0.6 is 23.1 Å². The molecule has 0 aromatic carbocycles. The van der Waals surface area contributed by atoms with E-state index >= 15 is 0 Å². The summed E-state index contributed by atoms with van der Waals surface area (Å²) >= 11 is 2.58. The fourth-order valence-electron chi connectivity index (χ4n) is 1.56. The number of hydrogen-bond acceptors (Lipinski definition) is 4. The first-order chi connectivity index (χ1) is 7.58. The van der Waals surface area contributed by atoms with E-state index in [1.165, 1.54) is 23.1 Å². The number of carboxylic acid groups (broad SMARTS) is 1. The minimum Gasteiger partial charge on any atom is -0.477 e. The van der Waals surface area contributed by atoms with E-state index < -0.39 is 5.97 Å². The molecule has 2 heterocycles. The van der Waals surface area contributed by atoms with Crippen LogP contribution in [0.3, 0.4) is 0 Å². The molecule has 2 rings (SSSR count). The zero-order valence-electron chi connectivity index (χ0n) is 8.73. The topological polar surface area (TPSA) is 57.6 Å². The summed E-state index contributed by atoms with van der Waals surface area (Å²) in [6, 6.07) is 1.67. The number of carboxylic acids is 1. The summed E-state index contributed by atoms with van der Waals surface area (Å²) < 4.78 is 0. The molecule has 1 aliphatic rings. The SMILES string of the molecule is Cc1sc(C(=O)O)cc1CN1CCSC1=O. The molecule has 0 aliphatic carbocycles. The van der Waals surface area contributed by atoms with E-state index in [4.69, 9.17) is 5.11 Å². The van der Waals surface area contributed by atoms with Crippen LogP contribution < -0.4 is 0 Å². The van der Waals surface area contributed by atoms with E-state index in [1.807, 2.05) is 6.92 Å². The summed E-state index contributed by atoms with van der Waals surface area (Å²) in [4.78, 5) is 25.3. The number of nitrogens with zero attached hydrogens (tertiary/aromatic N) is 1. The van der Waals surface area contributed by atoms with Gasteiger partial charge in [-0.05, 0) is 18.6 Å². The average Bonchev–Trinajstić information content (AvgIpc) is 2.76. The van der Waals surface area contributed by atoms with Gasteiger partial charge in [0.05, 0.1) is 0 Å². The number of aromatic carboxylic acids is 1. The molecule has 0 bridgehead atoms. The van der Waals surface area contributed by atoms with Crippen LogP contribution in [0.4, 0.5) is 4.79 Å². The van der Waals surface area contributed by atoms with Crippen LogP contribution in [-0.2, 0) is 6.54 Å². The highest BCUT2D eigenvalue weighted by molar-refractivity contribution is 8.13. The molecular weight excluding hydrogens is 246 g/mol. The van der Waals surface area contributed by atoms with E-state index in [1.54, 1.807) is 11.0 Å². The lowest BCUT2D eigenvalue weighted by atomic mass is 10.2. The second-order valence-electron chi connectivity index (χ2n) is 3.53. The predicted molar refractivity (Wildman–Crippen MR) is 64.3 cm³/mol. The molecule has 0 unspecified atom stereocenters. The summed E-state index contributed by atoms with van der Waals surface area (Å²) in [5.74, 6) is -0.0742. The zero-order valence-corrected chi connectivity index (χ0v) is 10.4. The van der Waals surface area contributed by atoms with Gasteiger partial charge < -0.3 is 10.0 Å². The third kappa shape index (κ3) is 2.22. The number of thiophene rings is 1. The highest BCUT2D eigenvalue weighted by Gasteiger charge is 2.22. The van der Waals surface area contributed by atoms with Crippen molar-refractivity contribution >= 4 is 34.3 Å². The molecule has 0 saturated carbocycles. The van der Waals surface area contributed by atoms with Crippen LogP contribution in [-0.4, -0.2) is 33.5 Å². The lowest BCUT2D eigenvalue weighted by Crippen LogP contribution is -2.22. The first-order valence-corrected chi connectivity index (χ1v) is 6.62. The van der Waals surface area contributed by atoms with Crippen molar-refractivity contribution < 1.29 is 14.7 Å². The monoisotopic (exact) mass is 257 g/mol. The van der Waals surface area contributed by atoms with Crippen molar-refractivity contribution in [2.45, 2.75) is 13.5 Å². The van der Waals surface area contributed by atoms with Crippen molar-refractivity contribution in [2.24, 2.45) is 0 Å². The number of rotatable bonds is 3. The Balaban J connectivity index is 2.15. The van der Waals surface area contributed by atoms with Gasteiger partial charge in [0, 0.05) is 23.7 Å². The van der Waals surface area contributed by atoms with E-state index in [9.17, 15) is 9.59 Å². The van der Waals surface area contributed by atoms with Crippen LogP contribution in [0.5, 0.6) is 0 Å². The predicted octanol–water partition coefficient (Wildman–Crippen LogP) is 2.42. The van der Waals surface area contributed by atoms with Gasteiger partial charge in [-0.1, -0.05) is 11.8 Å². The number of aryl methyl sites for hydroxylation is 1. The van der Waals surface area contributed by atoms with Crippen molar-refractivity contribution in [1.82, 2.24) is 4.90 Å². The van der Waals surface area contributed by atoms with Crippen LogP contribution in [0.2, 0.25) is 0 Å². The molecule has 1 aromatic heterocycles. The van der Waals surface area contributed by atoms with Gasteiger partial charge in [-0.3, -0.25) is 4.79 Å². The summed E-state index contributed by atoms with van der Waals surface area (Å²) in [6.45, 7) is 3.17. The Morgan fingerprint density at radius 1 is 1.62 bits per heavy atom. The molecule has 1 aliphatic heterocycles. The Kier molecular flexibility index (Phi) is 3.20. The number of thioether (sulfide) groups is 1. The number of carbonyl (C=O) groups excluding carboxylic acids is 1. The number of hydrogen-bond donors (Lipinski definition) is 1. The largest absolute Gasteiger partial charge is 0.477 e. The Morgan fingerprint density at radius 3 is 2.88 bits per heavy atom. The Bertz CT molecular complexity index is 441. The van der Waals surface area contributed by atoms with Gasteiger partial charge in [0.25, 0.3) is 5.24 Å². The lowest BCUT2D eigenvalue weighted by molar-refractivity contribution is 0.0702. The summed E-state index contributed by atoms with van der Waals surface area (Å²) in [5.41, 5.74) is 0.943. The Morgan fingerprint density at radius 2 is 2.38 bits per heavy atom. The molecule has 0 radical (unpaired) electrons. The fourth-order valence-corrected chi connectivity index (χ4v) is 3.25. The number of carbonyl (C=O) groups is 2. The maximum atomic E-state index is 11.4. The molecule has 1 saturated heterocycles. The van der Waals surface area contributed by atoms with Gasteiger partial charge in [-0.25, -0.2) is 4.79 Å². The van der Waals surface area contributed by atoms with E-state index in [2.05, 4.69) is 0 Å². The normalized spacial score (nSPS) is 15.8. The Labute approximate surface area is 101 Å². The Hall–Kier alpha value is -1.01. The highest BCUT2D eigenvalue weighted by atomic mass is 32.2. The maximum Gasteiger partial charge on any atom is 0.345 e. The highest BCUT2D eigenvalue weighted by Crippen LogP contribution is 2.26. The van der Waals surface area contributed by atoms with Crippen LogP contribution in [0, 0.1) is 6.92 Å². The minimum absolute atomic E-state index is 0.0856. The second-order valence-corrected chi connectivity index (χ2v) is 5.84. The van der Waals surface area contributed by atoms with E-state index in [0.717, 1.165) is 22.7 Å². The summed E-state index contributed by atoms with van der Waals surface area (Å²) in [5, 5.41) is 8.95. The summed E-state index contributed by atoms with van der Waals surface area (Å²) in [6.07, 6.45) is 0. The van der Waals surface area contributed by atoms with Gasteiger partial charge in [-0.15, -0.1) is 11.3 Å². The molecule has 0 spiro atoms. The van der Waals surface area contributed by atoms with Gasteiger partial charge in [0.2, 0.25) is 0 Å². The molecule has 86 valence electrons. The third-order valence-corrected chi connectivity index (χ3v) is 4.41. The van der Waals surface area contributed by atoms with Crippen molar-refractivity contribution in [2.75, 3.05) is 12.3 Å². The van der Waals surface area contributed by atoms with E-state index in [-0.39, 0.29) is 5.24 Å². The molecule has 4 nitrogen and oxygen atoms in total. The van der Waals surface area contributed by atoms with Gasteiger partial charge in [0.1, 0.15) is 4.88 Å². The molecule has 1 N–H and O–H groups in total. The summed E-state index contributed by atoms with van der Waals surface area (Å²) in [7, 11) is 0. The van der Waals surface area contributed by atoms with Gasteiger partial charge in [-0.2, -0.15) is 0 Å². The first kappa shape index (κ1) is 11.5. The average molecular weight is 257 g/mol. The lowest BCUT2D eigenvalue weighted by Gasteiger charge is -2.13. The third-order valence-electron chi connectivity index (χ3n) is 2.44. The van der Waals surface area contributed by atoms with E-state index in [0.29, 0.717) is 11.4 Å². The molecule has 1 amide bonds. The standard InChI is InChI=1S/C10H11NO3S2/c1-6-7(4-8(16-6)9(12)13)5-11-2-3-15-10(11)14/h4H,2-3,5H2,1H3,(H,12,13). The number of amides is 1.